The fraction of sp³-hybridized carbons (Fsp3) is 0.739. The predicted molar refractivity (Wildman–Crippen MR) is 111 cm³/mol. The third-order valence-corrected chi connectivity index (χ3v) is 7.38. The van der Waals surface area contributed by atoms with Crippen LogP contribution in [-0.2, 0) is 23.1 Å². The number of morpholine rings is 1. The highest BCUT2D eigenvalue weighted by molar-refractivity contribution is 5.77. The normalized spacial score (nSPS) is 29.4. The molecule has 1 spiro atoms. The van der Waals surface area contributed by atoms with Crippen LogP contribution in [0.5, 0.6) is 0 Å². The van der Waals surface area contributed by atoms with Crippen molar-refractivity contribution in [3.63, 3.8) is 0 Å². The summed E-state index contributed by atoms with van der Waals surface area (Å²) in [5, 5.41) is 9.25. The van der Waals surface area contributed by atoms with Crippen LogP contribution < -0.4 is 0 Å². The maximum atomic E-state index is 13.0. The van der Waals surface area contributed by atoms with Gasteiger partial charge in [0.25, 0.3) is 0 Å². The summed E-state index contributed by atoms with van der Waals surface area (Å²) in [6.45, 7) is 7.66. The second-order valence-corrected chi connectivity index (χ2v) is 9.62. The van der Waals surface area contributed by atoms with E-state index in [0.717, 1.165) is 51.9 Å². The Labute approximate surface area is 174 Å². The Morgan fingerprint density at radius 2 is 2.17 bits per heavy atom. The van der Waals surface area contributed by atoms with Gasteiger partial charge in [0, 0.05) is 44.5 Å². The van der Waals surface area contributed by atoms with Crippen molar-refractivity contribution in [3.8, 4) is 6.07 Å². The van der Waals surface area contributed by atoms with Crippen LogP contribution in [0.2, 0.25) is 0 Å². The van der Waals surface area contributed by atoms with Crippen molar-refractivity contribution in [1.29, 1.82) is 5.26 Å². The summed E-state index contributed by atoms with van der Waals surface area (Å²) in [5.41, 5.74) is 1.98. The Morgan fingerprint density at radius 1 is 1.38 bits per heavy atom. The van der Waals surface area contributed by atoms with E-state index >= 15 is 0 Å². The Morgan fingerprint density at radius 3 is 2.79 bits per heavy atom. The van der Waals surface area contributed by atoms with Gasteiger partial charge in [-0.1, -0.05) is 6.92 Å². The molecule has 3 fully saturated rings. The molecule has 2 saturated heterocycles. The van der Waals surface area contributed by atoms with Gasteiger partial charge in [0.15, 0.2) is 0 Å². The fourth-order valence-corrected chi connectivity index (χ4v) is 5.40. The maximum absolute atomic E-state index is 13.0. The van der Waals surface area contributed by atoms with Gasteiger partial charge in [0.2, 0.25) is 5.91 Å². The van der Waals surface area contributed by atoms with Gasteiger partial charge in [-0.2, -0.15) is 5.26 Å². The summed E-state index contributed by atoms with van der Waals surface area (Å²) in [5.74, 6) is 0.948. The largest absolute Gasteiger partial charge is 0.374 e. The van der Waals surface area contributed by atoms with Gasteiger partial charge in [-0.3, -0.25) is 9.69 Å². The lowest BCUT2D eigenvalue weighted by Crippen LogP contribution is -2.63. The number of hydrogen-bond donors (Lipinski definition) is 0. The number of carbonyl (C=O) groups excluding carboxylic acids is 1. The lowest BCUT2D eigenvalue weighted by Gasteiger charge is -2.54. The van der Waals surface area contributed by atoms with Crippen LogP contribution in [0.25, 0.3) is 0 Å². The average Bonchev–Trinajstić information content (AvgIpc) is 3.00. The third-order valence-electron chi connectivity index (χ3n) is 7.38. The van der Waals surface area contributed by atoms with Gasteiger partial charge in [-0.05, 0) is 56.6 Å². The van der Waals surface area contributed by atoms with E-state index in [9.17, 15) is 10.1 Å². The van der Waals surface area contributed by atoms with Crippen LogP contribution >= 0.6 is 0 Å². The number of carbonyl (C=O) groups is 1. The van der Waals surface area contributed by atoms with Crippen molar-refractivity contribution >= 4 is 5.91 Å². The van der Waals surface area contributed by atoms with Crippen molar-refractivity contribution in [2.45, 2.75) is 76.6 Å². The van der Waals surface area contributed by atoms with Gasteiger partial charge in [-0.25, -0.2) is 0 Å². The first kappa shape index (κ1) is 20.4. The molecule has 4 rings (SSSR count). The summed E-state index contributed by atoms with van der Waals surface area (Å²) in [6, 6.07) is 4.57. The molecule has 1 unspecified atom stereocenters. The van der Waals surface area contributed by atoms with Crippen molar-refractivity contribution in [3.05, 3.63) is 23.5 Å². The molecule has 1 saturated carbocycles. The molecule has 3 atom stereocenters. The van der Waals surface area contributed by atoms with Crippen LogP contribution in [0.3, 0.4) is 0 Å². The van der Waals surface area contributed by atoms with E-state index < -0.39 is 0 Å². The summed E-state index contributed by atoms with van der Waals surface area (Å²) < 4.78 is 8.12. The summed E-state index contributed by atoms with van der Waals surface area (Å²) in [6.07, 6.45) is 8.25. The molecule has 0 bridgehead atoms. The summed E-state index contributed by atoms with van der Waals surface area (Å²) >= 11 is 0. The van der Waals surface area contributed by atoms with Crippen LogP contribution in [0.15, 0.2) is 12.3 Å². The topological polar surface area (TPSA) is 61.5 Å². The molecule has 2 aliphatic heterocycles. The third kappa shape index (κ3) is 4.08. The van der Waals surface area contributed by atoms with Gasteiger partial charge < -0.3 is 14.2 Å². The van der Waals surface area contributed by atoms with Crippen LogP contribution in [-0.4, -0.2) is 57.7 Å². The smallest absolute Gasteiger partial charge is 0.225 e. The number of hydrogen-bond acceptors (Lipinski definition) is 4. The predicted octanol–water partition coefficient (Wildman–Crippen LogP) is 3.06. The molecule has 1 amide bonds. The molecule has 0 radical (unpaired) electrons. The van der Waals surface area contributed by atoms with E-state index in [1.165, 1.54) is 12.0 Å². The Kier molecular flexibility index (Phi) is 5.72. The van der Waals surface area contributed by atoms with Crippen molar-refractivity contribution in [2.24, 2.45) is 13.0 Å². The van der Waals surface area contributed by atoms with Gasteiger partial charge >= 0.3 is 0 Å². The average molecular weight is 399 g/mol. The molecule has 6 heteroatoms. The van der Waals surface area contributed by atoms with Gasteiger partial charge in [0.05, 0.1) is 19.1 Å². The minimum absolute atomic E-state index is 0.0422. The first-order valence-corrected chi connectivity index (χ1v) is 11.1. The molecule has 0 aromatic carbocycles. The molecule has 158 valence electrons. The summed E-state index contributed by atoms with van der Waals surface area (Å²) in [7, 11) is 1.92. The highest BCUT2D eigenvalue weighted by atomic mass is 16.5. The Hall–Kier alpha value is -1.84. The first-order chi connectivity index (χ1) is 13.9. The van der Waals surface area contributed by atoms with E-state index in [2.05, 4.69) is 35.9 Å². The minimum atomic E-state index is -0.0422. The minimum Gasteiger partial charge on any atom is -0.374 e. The second-order valence-electron chi connectivity index (χ2n) is 9.62. The van der Waals surface area contributed by atoms with E-state index in [4.69, 9.17) is 4.74 Å². The monoisotopic (exact) mass is 398 g/mol. The molecule has 3 heterocycles. The van der Waals surface area contributed by atoms with E-state index in [1.54, 1.807) is 0 Å². The zero-order chi connectivity index (χ0) is 20.6. The number of aromatic nitrogens is 1. The highest BCUT2D eigenvalue weighted by Gasteiger charge is 2.47. The van der Waals surface area contributed by atoms with Gasteiger partial charge in [0.1, 0.15) is 11.8 Å². The molecule has 1 aromatic rings. The molecule has 6 nitrogen and oxygen atoms in total. The number of nitriles is 1. The number of likely N-dealkylation sites (tertiary alicyclic amines) is 1. The van der Waals surface area contributed by atoms with E-state index in [1.807, 2.05) is 17.7 Å². The molecule has 29 heavy (non-hydrogen) atoms. The first-order valence-electron chi connectivity index (χ1n) is 11.1. The summed E-state index contributed by atoms with van der Waals surface area (Å²) in [4.78, 5) is 17.6. The maximum Gasteiger partial charge on any atom is 0.225 e. The van der Waals surface area contributed by atoms with Crippen molar-refractivity contribution < 1.29 is 9.53 Å². The fourth-order valence-electron chi connectivity index (χ4n) is 5.40. The lowest BCUT2D eigenvalue weighted by atomic mass is 9.74. The second kappa shape index (κ2) is 8.12. The Balaban J connectivity index is 1.41. The van der Waals surface area contributed by atoms with Crippen LogP contribution in [0.1, 0.15) is 63.6 Å². The highest BCUT2D eigenvalue weighted by Crippen LogP contribution is 2.42. The number of aryl methyl sites for hydroxylation is 1. The zero-order valence-electron chi connectivity index (χ0n) is 18.1. The number of amides is 1. The van der Waals surface area contributed by atoms with E-state index in [0.29, 0.717) is 24.1 Å². The molecular formula is C23H34N4O2. The number of rotatable bonds is 4. The molecular weight excluding hydrogens is 364 g/mol. The lowest BCUT2D eigenvalue weighted by molar-refractivity contribution is -0.160. The molecule has 3 aliphatic rings. The van der Waals surface area contributed by atoms with Crippen LogP contribution in [0.4, 0.5) is 0 Å². The number of ether oxygens (including phenoxy) is 1. The quantitative estimate of drug-likeness (QED) is 0.782. The standard InChI is InChI=1S/C23H34N4O2/c1-17-5-8-27(18(2)9-17)22(28)11-21-15-26(23(16-29-21)6-4-7-23)14-19-10-20(12-24)25(3)13-19/h10,13,17-18,21H,4-9,11,14-16H2,1-3H3/t17-,18-,21?/m1/s1. The van der Waals surface area contributed by atoms with E-state index in [-0.39, 0.29) is 17.6 Å². The molecule has 1 aliphatic carbocycles. The van der Waals surface area contributed by atoms with Gasteiger partial charge in [-0.15, -0.1) is 0 Å². The van der Waals surface area contributed by atoms with Crippen molar-refractivity contribution in [2.75, 3.05) is 19.7 Å². The molecule has 1 aromatic heterocycles. The number of nitrogens with zero attached hydrogens (tertiary/aromatic N) is 4. The van der Waals surface area contributed by atoms with Crippen molar-refractivity contribution in [1.82, 2.24) is 14.4 Å². The SMILES string of the molecule is C[C@@H]1CCN(C(=O)CC2CN(Cc3cc(C#N)n(C)c3)C3(CCC3)CO2)[C@H](C)C1. The number of piperidine rings is 1. The zero-order valence-corrected chi connectivity index (χ0v) is 18.1. The Bertz CT molecular complexity index is 791. The van der Waals surface area contributed by atoms with Crippen LogP contribution in [0, 0.1) is 17.2 Å². The molecule has 0 N–H and O–H groups in total.